The molecule has 1 aliphatic heterocycles. The van der Waals surface area contributed by atoms with E-state index in [4.69, 9.17) is 0 Å². The zero-order valence-corrected chi connectivity index (χ0v) is 21.4. The molecule has 1 aliphatic rings. The number of pyridine rings is 1. The molecular formula is C28H27F6N3O3. The number of piperazine rings is 1. The molecule has 0 bridgehead atoms. The lowest BCUT2D eigenvalue weighted by atomic mass is 9.90. The van der Waals surface area contributed by atoms with Gasteiger partial charge in [-0.2, -0.15) is 26.3 Å². The Hall–Kier alpha value is -3.48. The molecular weight excluding hydrogens is 540 g/mol. The fourth-order valence-electron chi connectivity index (χ4n) is 4.95. The van der Waals surface area contributed by atoms with Crippen molar-refractivity contribution in [2.24, 2.45) is 0 Å². The zero-order valence-electron chi connectivity index (χ0n) is 21.4. The van der Waals surface area contributed by atoms with Gasteiger partial charge in [0.1, 0.15) is 6.04 Å². The third-order valence-corrected chi connectivity index (χ3v) is 7.13. The van der Waals surface area contributed by atoms with E-state index in [1.807, 2.05) is 28.0 Å². The van der Waals surface area contributed by atoms with Crippen molar-refractivity contribution in [1.82, 2.24) is 14.8 Å². The van der Waals surface area contributed by atoms with Gasteiger partial charge in [-0.3, -0.25) is 19.6 Å². The standard InChI is InChI=1S/C28H27F6N3O3/c1-18-14-20(15-36-12-13-37(24(17-36)25(38)39)16-19-8-10-35-11-9-19)2-7-23(18)21-3-5-22(6-4-21)26(40,27(29,30)31)28(32,33)34/h2-11,14,24,40H,12-13,15-17H2,1H3,(H,38,39). The minimum atomic E-state index is -5.95. The molecule has 12 heteroatoms. The molecule has 2 aromatic carbocycles. The van der Waals surface area contributed by atoms with Crippen LogP contribution >= 0.6 is 0 Å². The molecule has 1 atom stereocenters. The number of aliphatic hydroxyl groups is 1. The number of alkyl halides is 6. The summed E-state index contributed by atoms with van der Waals surface area (Å²) < 4.78 is 79.1. The van der Waals surface area contributed by atoms with E-state index >= 15 is 0 Å². The minimum absolute atomic E-state index is 0.310. The Kier molecular flexibility index (Phi) is 8.25. The third-order valence-electron chi connectivity index (χ3n) is 7.13. The molecule has 6 nitrogen and oxygen atoms in total. The Balaban J connectivity index is 1.47. The van der Waals surface area contributed by atoms with E-state index < -0.39 is 35.5 Å². The smallest absolute Gasteiger partial charge is 0.430 e. The average molecular weight is 568 g/mol. The van der Waals surface area contributed by atoms with E-state index in [0.717, 1.165) is 28.8 Å². The highest BCUT2D eigenvalue weighted by atomic mass is 19.4. The molecule has 1 saturated heterocycles. The summed E-state index contributed by atoms with van der Waals surface area (Å²) in [5.74, 6) is -0.920. The van der Waals surface area contributed by atoms with Gasteiger partial charge < -0.3 is 10.2 Å². The molecule has 0 spiro atoms. The summed E-state index contributed by atoms with van der Waals surface area (Å²) in [6.07, 6.45) is -8.58. The van der Waals surface area contributed by atoms with Gasteiger partial charge in [-0.1, -0.05) is 42.5 Å². The number of halogens is 6. The number of aromatic nitrogens is 1. The summed E-state index contributed by atoms with van der Waals surface area (Å²) in [6.45, 7) is 4.22. The Labute approximate surface area is 226 Å². The van der Waals surface area contributed by atoms with Gasteiger partial charge >= 0.3 is 18.3 Å². The number of benzene rings is 2. The van der Waals surface area contributed by atoms with Crippen LogP contribution in [0, 0.1) is 6.92 Å². The summed E-state index contributed by atoms with van der Waals surface area (Å²) in [5, 5.41) is 19.4. The van der Waals surface area contributed by atoms with Crippen LogP contribution in [0.15, 0.2) is 67.0 Å². The fourth-order valence-corrected chi connectivity index (χ4v) is 4.95. The molecule has 2 heterocycles. The molecule has 40 heavy (non-hydrogen) atoms. The Morgan fingerprint density at radius 1 is 0.900 bits per heavy atom. The largest absolute Gasteiger partial charge is 0.480 e. The van der Waals surface area contributed by atoms with E-state index in [2.05, 4.69) is 4.98 Å². The van der Waals surface area contributed by atoms with Gasteiger partial charge in [0.05, 0.1) is 0 Å². The predicted octanol–water partition coefficient (Wildman–Crippen LogP) is 5.14. The molecule has 4 rings (SSSR count). The van der Waals surface area contributed by atoms with E-state index in [0.29, 0.717) is 56.0 Å². The van der Waals surface area contributed by atoms with Crippen LogP contribution in [0.2, 0.25) is 0 Å². The second-order valence-electron chi connectivity index (χ2n) is 9.85. The van der Waals surface area contributed by atoms with Crippen LogP contribution in [0.3, 0.4) is 0 Å². The molecule has 0 saturated carbocycles. The molecule has 1 aromatic heterocycles. The van der Waals surface area contributed by atoms with Crippen molar-refractivity contribution >= 4 is 5.97 Å². The van der Waals surface area contributed by atoms with E-state index in [-0.39, 0.29) is 0 Å². The minimum Gasteiger partial charge on any atom is -0.480 e. The second-order valence-corrected chi connectivity index (χ2v) is 9.85. The third kappa shape index (κ3) is 5.98. The van der Waals surface area contributed by atoms with Crippen molar-refractivity contribution in [3.8, 4) is 11.1 Å². The maximum atomic E-state index is 13.2. The van der Waals surface area contributed by atoms with Gasteiger partial charge in [-0.25, -0.2) is 0 Å². The lowest BCUT2D eigenvalue weighted by Crippen LogP contribution is -2.55. The Morgan fingerprint density at radius 2 is 1.52 bits per heavy atom. The monoisotopic (exact) mass is 567 g/mol. The van der Waals surface area contributed by atoms with Crippen molar-refractivity contribution in [2.75, 3.05) is 19.6 Å². The average Bonchev–Trinajstić information content (AvgIpc) is 2.88. The van der Waals surface area contributed by atoms with Crippen LogP contribution in [0.25, 0.3) is 11.1 Å². The molecule has 2 N–H and O–H groups in total. The van der Waals surface area contributed by atoms with Gasteiger partial charge in [0.2, 0.25) is 0 Å². The first kappa shape index (κ1) is 29.5. The van der Waals surface area contributed by atoms with Crippen LogP contribution in [0.1, 0.15) is 22.3 Å². The molecule has 3 aromatic rings. The van der Waals surface area contributed by atoms with Gasteiger partial charge in [-0.15, -0.1) is 0 Å². The summed E-state index contributed by atoms with van der Waals surface area (Å²) in [6, 6.07) is 11.8. The van der Waals surface area contributed by atoms with Gasteiger partial charge in [0, 0.05) is 50.7 Å². The number of carboxylic acids is 1. The molecule has 0 amide bonds. The highest BCUT2D eigenvalue weighted by Gasteiger charge is 2.71. The van der Waals surface area contributed by atoms with Crippen LogP contribution < -0.4 is 0 Å². The quantitative estimate of drug-likeness (QED) is 0.385. The fraction of sp³-hybridized carbons (Fsp3) is 0.357. The first-order valence-corrected chi connectivity index (χ1v) is 12.3. The van der Waals surface area contributed by atoms with Crippen molar-refractivity contribution in [3.05, 3.63) is 89.2 Å². The van der Waals surface area contributed by atoms with Crippen LogP contribution in [-0.4, -0.2) is 69.0 Å². The van der Waals surface area contributed by atoms with E-state index in [1.165, 1.54) is 0 Å². The number of rotatable bonds is 7. The maximum Gasteiger partial charge on any atom is 0.430 e. The molecule has 0 radical (unpaired) electrons. The summed E-state index contributed by atoms with van der Waals surface area (Å²) in [5.41, 5.74) is -2.73. The number of aliphatic carboxylic acids is 1. The zero-order chi connectivity index (χ0) is 29.3. The lowest BCUT2D eigenvalue weighted by Gasteiger charge is -2.39. The maximum absolute atomic E-state index is 13.2. The number of carboxylic acid groups (broad SMARTS) is 1. The number of aryl methyl sites for hydroxylation is 1. The van der Waals surface area contributed by atoms with Crippen molar-refractivity contribution in [3.63, 3.8) is 0 Å². The first-order valence-electron chi connectivity index (χ1n) is 12.3. The highest BCUT2D eigenvalue weighted by Crippen LogP contribution is 2.50. The molecule has 1 fully saturated rings. The lowest BCUT2D eigenvalue weighted by molar-refractivity contribution is -0.376. The summed E-state index contributed by atoms with van der Waals surface area (Å²) in [4.78, 5) is 19.9. The Morgan fingerprint density at radius 3 is 2.08 bits per heavy atom. The van der Waals surface area contributed by atoms with Crippen LogP contribution in [0.4, 0.5) is 26.3 Å². The predicted molar refractivity (Wildman–Crippen MR) is 134 cm³/mol. The van der Waals surface area contributed by atoms with Crippen LogP contribution in [0.5, 0.6) is 0 Å². The van der Waals surface area contributed by atoms with Gasteiger partial charge in [-0.05, 0) is 46.9 Å². The van der Waals surface area contributed by atoms with E-state index in [9.17, 15) is 41.4 Å². The Bertz CT molecular complexity index is 1320. The second kappa shape index (κ2) is 11.2. The first-order chi connectivity index (χ1) is 18.7. The topological polar surface area (TPSA) is 76.9 Å². The normalized spacial score (nSPS) is 17.6. The van der Waals surface area contributed by atoms with Crippen LogP contribution in [-0.2, 0) is 23.5 Å². The number of carbonyl (C=O) groups is 1. The SMILES string of the molecule is Cc1cc(CN2CCN(Cc3ccncc3)C(C(=O)O)C2)ccc1-c1ccc(C(O)(C(F)(F)F)C(F)(F)F)cc1. The van der Waals surface area contributed by atoms with Crippen molar-refractivity contribution in [1.29, 1.82) is 0 Å². The summed E-state index contributed by atoms with van der Waals surface area (Å²) in [7, 11) is 0. The van der Waals surface area contributed by atoms with Crippen molar-refractivity contribution in [2.45, 2.75) is 44.0 Å². The molecule has 0 aliphatic carbocycles. The van der Waals surface area contributed by atoms with Gasteiger partial charge in [0.15, 0.2) is 0 Å². The number of hydrogen-bond acceptors (Lipinski definition) is 5. The van der Waals surface area contributed by atoms with E-state index in [1.54, 1.807) is 31.5 Å². The summed E-state index contributed by atoms with van der Waals surface area (Å²) >= 11 is 0. The molecule has 1 unspecified atom stereocenters. The molecule has 214 valence electrons. The van der Waals surface area contributed by atoms with Gasteiger partial charge in [0.25, 0.3) is 5.60 Å². The highest BCUT2D eigenvalue weighted by molar-refractivity contribution is 5.74. The van der Waals surface area contributed by atoms with Crippen molar-refractivity contribution < 1.29 is 41.4 Å². The number of hydrogen-bond donors (Lipinski definition) is 2. The number of nitrogens with zero attached hydrogens (tertiary/aromatic N) is 3.